The molecule has 2 aliphatic rings. The molecule has 0 saturated carbocycles. The number of rotatable bonds is 3. The highest BCUT2D eigenvalue weighted by Crippen LogP contribution is 2.29. The molecule has 3 atom stereocenters. The third-order valence-electron chi connectivity index (χ3n) is 4.59. The first-order chi connectivity index (χ1) is 11.1. The maximum atomic E-state index is 12.5. The molecule has 2 fully saturated rings. The van der Waals surface area contributed by atoms with E-state index < -0.39 is 11.9 Å². The minimum Gasteiger partial charge on any atom is -0.481 e. The highest BCUT2D eigenvalue weighted by molar-refractivity contribution is 5.77. The minimum absolute atomic E-state index is 0.0740. The summed E-state index contributed by atoms with van der Waals surface area (Å²) in [4.78, 5) is 25.2. The van der Waals surface area contributed by atoms with Crippen LogP contribution in [-0.2, 0) is 9.53 Å². The summed E-state index contributed by atoms with van der Waals surface area (Å²) in [6.07, 6.45) is 1.99. The highest BCUT2D eigenvalue weighted by atomic mass is 16.5. The molecule has 0 bridgehead atoms. The monoisotopic (exact) mass is 318 g/mol. The molecule has 0 spiro atoms. The zero-order valence-electron chi connectivity index (χ0n) is 13.0. The Bertz CT molecular complexity index is 563. The van der Waals surface area contributed by atoms with Gasteiger partial charge in [0, 0.05) is 19.7 Å². The van der Waals surface area contributed by atoms with E-state index in [0.717, 1.165) is 18.4 Å². The van der Waals surface area contributed by atoms with Gasteiger partial charge in [0.15, 0.2) is 0 Å². The second-order valence-electron chi connectivity index (χ2n) is 6.17. The lowest BCUT2D eigenvalue weighted by molar-refractivity contribution is -0.143. The van der Waals surface area contributed by atoms with Crippen LogP contribution in [0.1, 0.15) is 30.9 Å². The van der Waals surface area contributed by atoms with Crippen molar-refractivity contribution in [1.29, 1.82) is 0 Å². The summed E-state index contributed by atoms with van der Waals surface area (Å²) in [5, 5.41) is 12.2. The molecule has 1 aromatic rings. The van der Waals surface area contributed by atoms with Crippen molar-refractivity contribution < 1.29 is 19.4 Å². The number of carbonyl (C=O) groups is 2. The van der Waals surface area contributed by atoms with Crippen LogP contribution in [0.25, 0.3) is 0 Å². The van der Waals surface area contributed by atoms with E-state index in [1.807, 2.05) is 30.3 Å². The summed E-state index contributed by atoms with van der Waals surface area (Å²) in [5.74, 6) is -1.28. The minimum atomic E-state index is -0.825. The van der Waals surface area contributed by atoms with Crippen LogP contribution in [0, 0.1) is 5.92 Å². The number of nitrogens with one attached hydrogen (secondary N) is 1. The third kappa shape index (κ3) is 3.64. The molecular weight excluding hydrogens is 296 g/mol. The molecule has 124 valence electrons. The molecule has 2 N–H and O–H groups in total. The number of urea groups is 1. The Morgan fingerprint density at radius 3 is 2.74 bits per heavy atom. The number of carbonyl (C=O) groups excluding carboxylic acids is 1. The summed E-state index contributed by atoms with van der Waals surface area (Å²) in [6, 6.07) is 9.59. The Morgan fingerprint density at radius 2 is 2.00 bits per heavy atom. The van der Waals surface area contributed by atoms with Crippen LogP contribution in [0.5, 0.6) is 0 Å². The summed E-state index contributed by atoms with van der Waals surface area (Å²) >= 11 is 0. The number of likely N-dealkylation sites (tertiary alicyclic amines) is 1. The van der Waals surface area contributed by atoms with Crippen molar-refractivity contribution in [2.24, 2.45) is 5.92 Å². The second-order valence-corrected chi connectivity index (χ2v) is 6.17. The number of carboxylic acid groups (broad SMARTS) is 1. The largest absolute Gasteiger partial charge is 0.481 e. The Balaban J connectivity index is 1.62. The van der Waals surface area contributed by atoms with Crippen LogP contribution < -0.4 is 5.32 Å². The van der Waals surface area contributed by atoms with E-state index in [0.29, 0.717) is 19.6 Å². The van der Waals surface area contributed by atoms with Gasteiger partial charge in [-0.2, -0.15) is 0 Å². The maximum absolute atomic E-state index is 12.5. The first-order valence-corrected chi connectivity index (χ1v) is 8.10. The highest BCUT2D eigenvalue weighted by Gasteiger charge is 2.34. The van der Waals surface area contributed by atoms with Crippen molar-refractivity contribution in [3.63, 3.8) is 0 Å². The number of hydrogen-bond acceptors (Lipinski definition) is 3. The fourth-order valence-electron chi connectivity index (χ4n) is 3.32. The fraction of sp³-hybridized carbons (Fsp3) is 0.529. The third-order valence-corrected chi connectivity index (χ3v) is 4.59. The molecule has 2 saturated heterocycles. The quantitative estimate of drug-likeness (QED) is 0.894. The van der Waals surface area contributed by atoms with Crippen molar-refractivity contribution in [2.75, 3.05) is 19.7 Å². The predicted octanol–water partition coefficient (Wildman–Crippen LogP) is 2.02. The molecule has 0 aromatic heterocycles. The Labute approximate surface area is 135 Å². The molecule has 3 rings (SSSR count). The summed E-state index contributed by atoms with van der Waals surface area (Å²) < 4.78 is 5.77. The molecule has 23 heavy (non-hydrogen) atoms. The van der Waals surface area contributed by atoms with Crippen LogP contribution in [0.3, 0.4) is 0 Å². The van der Waals surface area contributed by atoms with Crippen LogP contribution in [0.15, 0.2) is 30.3 Å². The molecule has 6 heteroatoms. The molecular formula is C17H22N2O4. The molecule has 2 amide bonds. The van der Waals surface area contributed by atoms with E-state index in [4.69, 9.17) is 9.84 Å². The van der Waals surface area contributed by atoms with Gasteiger partial charge in [0.2, 0.25) is 0 Å². The molecule has 2 aliphatic heterocycles. The summed E-state index contributed by atoms with van der Waals surface area (Å²) in [5.41, 5.74) is 1.05. The summed E-state index contributed by atoms with van der Waals surface area (Å²) in [6.45, 7) is 1.51. The maximum Gasteiger partial charge on any atom is 0.317 e. The van der Waals surface area contributed by atoms with Crippen LogP contribution >= 0.6 is 0 Å². The Kier molecular flexibility index (Phi) is 4.81. The zero-order chi connectivity index (χ0) is 16.2. The molecule has 0 radical (unpaired) electrons. The van der Waals surface area contributed by atoms with Crippen LogP contribution in [0.4, 0.5) is 4.79 Å². The van der Waals surface area contributed by atoms with Gasteiger partial charge in [-0.15, -0.1) is 0 Å². The van der Waals surface area contributed by atoms with Gasteiger partial charge in [-0.3, -0.25) is 4.79 Å². The summed E-state index contributed by atoms with van der Waals surface area (Å²) in [7, 11) is 0. The van der Waals surface area contributed by atoms with E-state index in [2.05, 4.69) is 5.32 Å². The van der Waals surface area contributed by atoms with Gasteiger partial charge in [0.25, 0.3) is 0 Å². The van der Waals surface area contributed by atoms with Gasteiger partial charge in [-0.25, -0.2) is 4.79 Å². The Morgan fingerprint density at radius 1 is 1.22 bits per heavy atom. The van der Waals surface area contributed by atoms with Crippen molar-refractivity contribution in [3.05, 3.63) is 35.9 Å². The zero-order valence-corrected chi connectivity index (χ0v) is 13.0. The average Bonchev–Trinajstić information content (AvgIpc) is 3.04. The SMILES string of the molecule is O=C(O)C1CCCN(C(=O)NC2CCOC2c2ccccc2)C1. The van der Waals surface area contributed by atoms with E-state index in [1.54, 1.807) is 4.90 Å². The van der Waals surface area contributed by atoms with E-state index in [9.17, 15) is 9.59 Å². The van der Waals surface area contributed by atoms with Crippen molar-refractivity contribution in [3.8, 4) is 0 Å². The van der Waals surface area contributed by atoms with Gasteiger partial charge in [0.1, 0.15) is 6.10 Å². The average molecular weight is 318 g/mol. The lowest BCUT2D eigenvalue weighted by Crippen LogP contribution is -2.50. The molecule has 2 heterocycles. The predicted molar refractivity (Wildman–Crippen MR) is 84.0 cm³/mol. The van der Waals surface area contributed by atoms with Gasteiger partial charge in [0.05, 0.1) is 12.0 Å². The second kappa shape index (κ2) is 7.00. The topological polar surface area (TPSA) is 78.9 Å². The normalized spacial score (nSPS) is 27.7. The number of carboxylic acids is 1. The molecule has 3 unspecified atom stereocenters. The van der Waals surface area contributed by atoms with Crippen LogP contribution in [-0.4, -0.2) is 47.7 Å². The number of hydrogen-bond donors (Lipinski definition) is 2. The van der Waals surface area contributed by atoms with Crippen molar-refractivity contribution >= 4 is 12.0 Å². The van der Waals surface area contributed by atoms with Gasteiger partial charge >= 0.3 is 12.0 Å². The molecule has 1 aromatic carbocycles. The van der Waals surface area contributed by atoms with Gasteiger partial charge in [-0.1, -0.05) is 30.3 Å². The number of ether oxygens (including phenoxy) is 1. The molecule has 0 aliphatic carbocycles. The Hall–Kier alpha value is -2.08. The fourth-order valence-corrected chi connectivity index (χ4v) is 3.32. The standard InChI is InChI=1S/C17H22N2O4/c20-16(21)13-7-4-9-19(11-13)17(22)18-14-8-10-23-15(14)12-5-2-1-3-6-12/h1-3,5-6,13-15H,4,7-11H2,(H,18,22)(H,20,21). The number of nitrogens with zero attached hydrogens (tertiary/aromatic N) is 1. The number of piperidine rings is 1. The first-order valence-electron chi connectivity index (χ1n) is 8.10. The number of amides is 2. The number of aliphatic carboxylic acids is 1. The molecule has 6 nitrogen and oxygen atoms in total. The van der Waals surface area contributed by atoms with E-state index >= 15 is 0 Å². The van der Waals surface area contributed by atoms with Crippen molar-refractivity contribution in [2.45, 2.75) is 31.4 Å². The van der Waals surface area contributed by atoms with Crippen molar-refractivity contribution in [1.82, 2.24) is 10.2 Å². The van der Waals surface area contributed by atoms with Crippen LogP contribution in [0.2, 0.25) is 0 Å². The lowest BCUT2D eigenvalue weighted by Gasteiger charge is -2.32. The lowest BCUT2D eigenvalue weighted by atomic mass is 9.98. The van der Waals surface area contributed by atoms with E-state index in [-0.39, 0.29) is 24.7 Å². The van der Waals surface area contributed by atoms with Gasteiger partial charge < -0.3 is 20.1 Å². The first kappa shape index (κ1) is 15.8. The van der Waals surface area contributed by atoms with E-state index in [1.165, 1.54) is 0 Å². The smallest absolute Gasteiger partial charge is 0.317 e. The van der Waals surface area contributed by atoms with Gasteiger partial charge in [-0.05, 0) is 24.8 Å². The number of benzene rings is 1.